The molecule has 1 N–H and O–H groups in total. The van der Waals surface area contributed by atoms with Gasteiger partial charge in [-0.2, -0.15) is 9.78 Å². The van der Waals surface area contributed by atoms with Crippen LogP contribution in [0, 0.1) is 0 Å². The van der Waals surface area contributed by atoms with Crippen LogP contribution in [-0.4, -0.2) is 32.3 Å². The number of hydrogen-bond donors (Lipinski definition) is 1. The molecule has 0 unspecified atom stereocenters. The fraction of sp³-hybridized carbons (Fsp3) is 0.391. The summed E-state index contributed by atoms with van der Waals surface area (Å²) in [6, 6.07) is 11.4. The minimum atomic E-state index is -0.285. The SMILES string of the molecule is CC(C)(C)c1ccc(OCC(=O)Nc2cc(C(C)(C)C)nn2-c2ncccn2)cc1. The zero-order chi connectivity index (χ0) is 21.9. The van der Waals surface area contributed by atoms with Crippen LogP contribution in [0.25, 0.3) is 5.95 Å². The van der Waals surface area contributed by atoms with Crippen molar-refractivity contribution in [3.05, 3.63) is 60.0 Å². The standard InChI is InChI=1S/C23H29N5O2/c1-22(2,3)16-8-10-17(11-9-16)30-15-20(29)26-19-14-18(23(4,5)6)27-28(19)21-24-12-7-13-25-21/h7-14H,15H2,1-6H3,(H,26,29). The maximum atomic E-state index is 12.5. The van der Waals surface area contributed by atoms with Crippen molar-refractivity contribution in [2.24, 2.45) is 0 Å². The van der Waals surface area contributed by atoms with E-state index in [-0.39, 0.29) is 23.3 Å². The highest BCUT2D eigenvalue weighted by Gasteiger charge is 2.22. The maximum absolute atomic E-state index is 12.5. The molecule has 0 radical (unpaired) electrons. The summed E-state index contributed by atoms with van der Waals surface area (Å²) < 4.78 is 7.19. The number of anilines is 1. The number of hydrogen-bond acceptors (Lipinski definition) is 5. The van der Waals surface area contributed by atoms with Gasteiger partial charge in [-0.25, -0.2) is 9.97 Å². The molecule has 0 spiro atoms. The summed E-state index contributed by atoms with van der Waals surface area (Å²) in [5.74, 6) is 1.26. The first-order chi connectivity index (χ1) is 14.0. The van der Waals surface area contributed by atoms with E-state index in [0.29, 0.717) is 17.5 Å². The molecule has 2 heterocycles. The number of aromatic nitrogens is 4. The molecule has 0 aliphatic heterocycles. The van der Waals surface area contributed by atoms with Crippen molar-refractivity contribution in [2.75, 3.05) is 11.9 Å². The van der Waals surface area contributed by atoms with Crippen LogP contribution in [0.15, 0.2) is 48.8 Å². The van der Waals surface area contributed by atoms with E-state index in [0.717, 1.165) is 5.69 Å². The third-order valence-corrected chi connectivity index (χ3v) is 4.58. The monoisotopic (exact) mass is 407 g/mol. The first kappa shape index (κ1) is 21.5. The van der Waals surface area contributed by atoms with Crippen molar-refractivity contribution in [3.8, 4) is 11.7 Å². The number of rotatable bonds is 5. The predicted octanol–water partition coefficient (Wildman–Crippen LogP) is 4.27. The number of carbonyl (C=O) groups excluding carboxylic acids is 1. The Balaban J connectivity index is 1.72. The van der Waals surface area contributed by atoms with E-state index in [1.54, 1.807) is 18.5 Å². The van der Waals surface area contributed by atoms with Gasteiger partial charge >= 0.3 is 0 Å². The summed E-state index contributed by atoms with van der Waals surface area (Å²) in [6.07, 6.45) is 3.27. The lowest BCUT2D eigenvalue weighted by Crippen LogP contribution is -2.22. The fourth-order valence-corrected chi connectivity index (χ4v) is 2.77. The molecule has 0 aliphatic rings. The average Bonchev–Trinajstić information content (AvgIpc) is 3.11. The number of ether oxygens (including phenoxy) is 1. The molecular formula is C23H29N5O2. The van der Waals surface area contributed by atoms with Crippen LogP contribution in [-0.2, 0) is 15.6 Å². The van der Waals surface area contributed by atoms with Gasteiger partial charge in [0.1, 0.15) is 11.6 Å². The minimum Gasteiger partial charge on any atom is -0.484 e. The van der Waals surface area contributed by atoms with Gasteiger partial charge in [0, 0.05) is 23.9 Å². The van der Waals surface area contributed by atoms with Crippen LogP contribution in [0.2, 0.25) is 0 Å². The van der Waals surface area contributed by atoms with Gasteiger partial charge in [-0.1, -0.05) is 53.7 Å². The molecule has 1 amide bonds. The van der Waals surface area contributed by atoms with Crippen LogP contribution < -0.4 is 10.1 Å². The number of nitrogens with zero attached hydrogens (tertiary/aromatic N) is 4. The van der Waals surface area contributed by atoms with Crippen LogP contribution in [0.1, 0.15) is 52.8 Å². The van der Waals surface area contributed by atoms with Gasteiger partial charge in [-0.05, 0) is 29.2 Å². The lowest BCUT2D eigenvalue weighted by atomic mass is 9.87. The predicted molar refractivity (Wildman–Crippen MR) is 117 cm³/mol. The van der Waals surface area contributed by atoms with Gasteiger partial charge in [-0.3, -0.25) is 4.79 Å². The molecule has 30 heavy (non-hydrogen) atoms. The second-order valence-corrected chi connectivity index (χ2v) is 9.24. The minimum absolute atomic E-state index is 0.0680. The van der Waals surface area contributed by atoms with E-state index in [9.17, 15) is 4.79 Å². The van der Waals surface area contributed by atoms with Crippen molar-refractivity contribution in [1.82, 2.24) is 19.7 Å². The Bertz CT molecular complexity index is 997. The number of nitrogens with one attached hydrogen (secondary N) is 1. The van der Waals surface area contributed by atoms with E-state index in [4.69, 9.17) is 4.74 Å². The lowest BCUT2D eigenvalue weighted by molar-refractivity contribution is -0.118. The van der Waals surface area contributed by atoms with Gasteiger partial charge in [0.2, 0.25) is 0 Å². The quantitative estimate of drug-likeness (QED) is 0.683. The highest BCUT2D eigenvalue weighted by Crippen LogP contribution is 2.26. The molecule has 0 saturated heterocycles. The molecule has 3 rings (SSSR count). The largest absolute Gasteiger partial charge is 0.484 e. The first-order valence-electron chi connectivity index (χ1n) is 9.95. The zero-order valence-corrected chi connectivity index (χ0v) is 18.4. The smallest absolute Gasteiger partial charge is 0.263 e. The Morgan fingerprint density at radius 2 is 1.63 bits per heavy atom. The third kappa shape index (κ3) is 5.23. The van der Waals surface area contributed by atoms with Crippen LogP contribution >= 0.6 is 0 Å². The van der Waals surface area contributed by atoms with Crippen LogP contribution in [0.3, 0.4) is 0 Å². The van der Waals surface area contributed by atoms with Crippen LogP contribution in [0.4, 0.5) is 5.82 Å². The molecule has 0 saturated carbocycles. The Morgan fingerprint density at radius 1 is 1.00 bits per heavy atom. The highest BCUT2D eigenvalue weighted by atomic mass is 16.5. The molecule has 0 aliphatic carbocycles. The Labute approximate surface area is 177 Å². The van der Waals surface area contributed by atoms with Gasteiger partial charge in [0.25, 0.3) is 11.9 Å². The summed E-state index contributed by atoms with van der Waals surface area (Å²) in [5, 5.41) is 7.46. The molecule has 2 aromatic heterocycles. The maximum Gasteiger partial charge on any atom is 0.263 e. The van der Waals surface area contributed by atoms with E-state index in [1.165, 1.54) is 10.2 Å². The third-order valence-electron chi connectivity index (χ3n) is 4.58. The fourth-order valence-electron chi connectivity index (χ4n) is 2.77. The lowest BCUT2D eigenvalue weighted by Gasteiger charge is -2.19. The van der Waals surface area contributed by atoms with Gasteiger partial charge in [-0.15, -0.1) is 0 Å². The van der Waals surface area contributed by atoms with E-state index < -0.39 is 0 Å². The van der Waals surface area contributed by atoms with E-state index in [2.05, 4.69) is 61.9 Å². The first-order valence-corrected chi connectivity index (χ1v) is 9.95. The molecule has 158 valence electrons. The summed E-state index contributed by atoms with van der Waals surface area (Å²) in [4.78, 5) is 21.0. The van der Waals surface area contributed by atoms with E-state index in [1.807, 2.05) is 30.3 Å². The van der Waals surface area contributed by atoms with Crippen molar-refractivity contribution < 1.29 is 9.53 Å². The molecule has 0 atom stereocenters. The molecule has 1 aromatic carbocycles. The van der Waals surface area contributed by atoms with Gasteiger partial charge < -0.3 is 10.1 Å². The molecule has 7 nitrogen and oxygen atoms in total. The average molecular weight is 408 g/mol. The summed E-state index contributed by atoms with van der Waals surface area (Å²) in [6.45, 7) is 12.5. The highest BCUT2D eigenvalue weighted by molar-refractivity contribution is 5.91. The van der Waals surface area contributed by atoms with Gasteiger partial charge in [0.05, 0.1) is 5.69 Å². The summed E-state index contributed by atoms with van der Waals surface area (Å²) in [5.41, 5.74) is 1.91. The second kappa shape index (κ2) is 8.26. The topological polar surface area (TPSA) is 81.9 Å². The molecule has 3 aromatic rings. The zero-order valence-electron chi connectivity index (χ0n) is 18.4. The number of amides is 1. The number of benzene rings is 1. The second-order valence-electron chi connectivity index (χ2n) is 9.24. The van der Waals surface area contributed by atoms with Crippen molar-refractivity contribution in [3.63, 3.8) is 0 Å². The van der Waals surface area contributed by atoms with Crippen molar-refractivity contribution >= 4 is 11.7 Å². The Morgan fingerprint density at radius 3 is 2.20 bits per heavy atom. The molecule has 7 heteroatoms. The van der Waals surface area contributed by atoms with Crippen LogP contribution in [0.5, 0.6) is 5.75 Å². The summed E-state index contributed by atoms with van der Waals surface area (Å²) in [7, 11) is 0. The molecule has 0 bridgehead atoms. The van der Waals surface area contributed by atoms with Gasteiger partial charge in [0.15, 0.2) is 6.61 Å². The Kier molecular flexibility index (Phi) is 5.92. The molecule has 0 fully saturated rings. The van der Waals surface area contributed by atoms with Crippen molar-refractivity contribution in [2.45, 2.75) is 52.4 Å². The number of carbonyl (C=O) groups is 1. The normalized spacial score (nSPS) is 11.9. The molecular weight excluding hydrogens is 378 g/mol. The van der Waals surface area contributed by atoms with E-state index >= 15 is 0 Å². The Hall–Kier alpha value is -3.22. The van der Waals surface area contributed by atoms with Crippen molar-refractivity contribution in [1.29, 1.82) is 0 Å². The summed E-state index contributed by atoms with van der Waals surface area (Å²) >= 11 is 0.